The van der Waals surface area contributed by atoms with Crippen LogP contribution in [0.2, 0.25) is 0 Å². The normalized spacial score (nSPS) is 13.5. The zero-order valence-electron chi connectivity index (χ0n) is 14.9. The molecule has 0 spiro atoms. The molecule has 0 aliphatic carbocycles. The van der Waals surface area contributed by atoms with Gasteiger partial charge in [-0.05, 0) is 24.6 Å². The quantitative estimate of drug-likeness (QED) is 0.416. The molecule has 0 aliphatic rings. The van der Waals surface area contributed by atoms with E-state index in [0.717, 1.165) is 12.1 Å². The summed E-state index contributed by atoms with van der Waals surface area (Å²) < 4.78 is 38.4. The lowest BCUT2D eigenvalue weighted by Crippen LogP contribution is -2.42. The number of nitrogens with zero attached hydrogens (tertiary/aromatic N) is 1. The van der Waals surface area contributed by atoms with Gasteiger partial charge in [-0.25, -0.2) is 0 Å². The summed E-state index contributed by atoms with van der Waals surface area (Å²) in [4.78, 5) is 15.5. The zero-order chi connectivity index (χ0) is 19.0. The lowest BCUT2D eigenvalue weighted by molar-refractivity contribution is -0.137. The van der Waals surface area contributed by atoms with Gasteiger partial charge in [0.05, 0.1) is 11.6 Å². The van der Waals surface area contributed by atoms with Gasteiger partial charge in [0, 0.05) is 26.1 Å². The van der Waals surface area contributed by atoms with Crippen LogP contribution in [0.3, 0.4) is 0 Å². The summed E-state index contributed by atoms with van der Waals surface area (Å²) in [5.41, 5.74) is -0.177. The Bertz CT molecular complexity index is 600. The molecule has 0 aromatic heterocycles. The maximum Gasteiger partial charge on any atom is 0.416 e. The van der Waals surface area contributed by atoms with E-state index in [2.05, 4.69) is 20.9 Å². The van der Waals surface area contributed by atoms with Crippen molar-refractivity contribution in [2.24, 2.45) is 10.9 Å². The van der Waals surface area contributed by atoms with Gasteiger partial charge in [0.25, 0.3) is 0 Å². The van der Waals surface area contributed by atoms with Crippen LogP contribution in [0.15, 0.2) is 29.3 Å². The molecule has 1 rings (SSSR count). The second-order valence-corrected chi connectivity index (χ2v) is 5.93. The number of benzene rings is 1. The molecular weight excluding hydrogens is 333 g/mol. The van der Waals surface area contributed by atoms with Crippen LogP contribution < -0.4 is 16.0 Å². The molecule has 3 N–H and O–H groups in total. The SMILES string of the molecule is CN=C(NCCNC(=O)C(C)C)NC(C)c1cccc(C(F)(F)F)c1. The molecule has 140 valence electrons. The van der Waals surface area contributed by atoms with E-state index in [1.165, 1.54) is 6.07 Å². The molecule has 1 amide bonds. The fourth-order valence-electron chi connectivity index (χ4n) is 2.04. The van der Waals surface area contributed by atoms with Crippen molar-refractivity contribution < 1.29 is 18.0 Å². The van der Waals surface area contributed by atoms with Crippen molar-refractivity contribution in [3.8, 4) is 0 Å². The van der Waals surface area contributed by atoms with Crippen LogP contribution in [0.25, 0.3) is 0 Å². The number of carbonyl (C=O) groups excluding carboxylic acids is 1. The highest BCUT2D eigenvalue weighted by Crippen LogP contribution is 2.30. The molecule has 0 aliphatic heterocycles. The van der Waals surface area contributed by atoms with Gasteiger partial charge in [-0.1, -0.05) is 26.0 Å². The molecule has 0 saturated carbocycles. The molecule has 8 heteroatoms. The molecule has 1 atom stereocenters. The number of alkyl halides is 3. The van der Waals surface area contributed by atoms with E-state index in [4.69, 9.17) is 0 Å². The van der Waals surface area contributed by atoms with Gasteiger partial charge in [0.15, 0.2) is 5.96 Å². The van der Waals surface area contributed by atoms with Crippen molar-refractivity contribution >= 4 is 11.9 Å². The van der Waals surface area contributed by atoms with Crippen LogP contribution in [0.5, 0.6) is 0 Å². The number of rotatable bonds is 6. The Balaban J connectivity index is 2.56. The van der Waals surface area contributed by atoms with E-state index in [9.17, 15) is 18.0 Å². The van der Waals surface area contributed by atoms with Crippen molar-refractivity contribution in [1.29, 1.82) is 0 Å². The first kappa shape index (κ1) is 20.8. The van der Waals surface area contributed by atoms with Gasteiger partial charge in [0.2, 0.25) is 5.91 Å². The van der Waals surface area contributed by atoms with E-state index in [1.807, 2.05) is 0 Å². The van der Waals surface area contributed by atoms with Crippen LogP contribution in [-0.4, -0.2) is 32.0 Å². The topological polar surface area (TPSA) is 65.5 Å². The second kappa shape index (κ2) is 9.29. The summed E-state index contributed by atoms with van der Waals surface area (Å²) in [5.74, 6) is 0.323. The molecule has 1 aromatic rings. The maximum absolute atomic E-state index is 12.8. The number of hydrogen-bond acceptors (Lipinski definition) is 2. The van der Waals surface area contributed by atoms with Crippen molar-refractivity contribution in [3.05, 3.63) is 35.4 Å². The molecule has 5 nitrogen and oxygen atoms in total. The van der Waals surface area contributed by atoms with Crippen LogP contribution in [-0.2, 0) is 11.0 Å². The van der Waals surface area contributed by atoms with E-state index < -0.39 is 11.7 Å². The fourth-order valence-corrected chi connectivity index (χ4v) is 2.04. The fraction of sp³-hybridized carbons (Fsp3) is 0.529. The third kappa shape index (κ3) is 7.03. The Morgan fingerprint density at radius 1 is 1.16 bits per heavy atom. The minimum atomic E-state index is -4.37. The summed E-state index contributed by atoms with van der Waals surface area (Å²) in [5, 5.41) is 8.80. The van der Waals surface area contributed by atoms with E-state index in [1.54, 1.807) is 33.9 Å². The lowest BCUT2D eigenvalue weighted by atomic mass is 10.1. The summed E-state index contributed by atoms with van der Waals surface area (Å²) in [6, 6.07) is 4.81. The number of aliphatic imine (C=N–C) groups is 1. The molecule has 0 heterocycles. The summed E-state index contributed by atoms with van der Waals surface area (Å²) >= 11 is 0. The first-order chi connectivity index (χ1) is 11.6. The average Bonchev–Trinajstić information content (AvgIpc) is 2.56. The minimum Gasteiger partial charge on any atom is -0.355 e. The zero-order valence-corrected chi connectivity index (χ0v) is 14.9. The Morgan fingerprint density at radius 3 is 2.36 bits per heavy atom. The number of halogens is 3. The first-order valence-corrected chi connectivity index (χ1v) is 8.07. The number of nitrogens with one attached hydrogen (secondary N) is 3. The van der Waals surface area contributed by atoms with Crippen LogP contribution in [0.4, 0.5) is 13.2 Å². The molecule has 1 unspecified atom stereocenters. The Labute approximate surface area is 146 Å². The van der Waals surface area contributed by atoms with Crippen molar-refractivity contribution in [3.63, 3.8) is 0 Å². The molecule has 0 fully saturated rings. The molecule has 0 bridgehead atoms. The Morgan fingerprint density at radius 2 is 1.80 bits per heavy atom. The van der Waals surface area contributed by atoms with E-state index >= 15 is 0 Å². The predicted molar refractivity (Wildman–Crippen MR) is 92.2 cm³/mol. The summed E-state index contributed by atoms with van der Waals surface area (Å²) in [7, 11) is 1.57. The van der Waals surface area contributed by atoms with Gasteiger partial charge in [0.1, 0.15) is 0 Å². The van der Waals surface area contributed by atoms with Gasteiger partial charge in [-0.15, -0.1) is 0 Å². The number of guanidine groups is 1. The standard InChI is InChI=1S/C17H25F3N4O/c1-11(2)15(25)22-8-9-23-16(21-4)24-12(3)13-6-5-7-14(10-13)17(18,19)20/h5-7,10-12H,8-9H2,1-4H3,(H,22,25)(H2,21,23,24). The first-order valence-electron chi connectivity index (χ1n) is 8.07. The molecule has 25 heavy (non-hydrogen) atoms. The highest BCUT2D eigenvalue weighted by atomic mass is 19.4. The molecule has 0 radical (unpaired) electrons. The van der Waals surface area contributed by atoms with Gasteiger partial charge in [-0.3, -0.25) is 9.79 Å². The van der Waals surface area contributed by atoms with Crippen LogP contribution in [0.1, 0.15) is 37.9 Å². The predicted octanol–water partition coefficient (Wildman–Crippen LogP) is 2.70. The van der Waals surface area contributed by atoms with Crippen molar-refractivity contribution in [2.45, 2.75) is 33.0 Å². The monoisotopic (exact) mass is 358 g/mol. The van der Waals surface area contributed by atoms with Crippen molar-refractivity contribution in [1.82, 2.24) is 16.0 Å². The number of amides is 1. The lowest BCUT2D eigenvalue weighted by Gasteiger charge is -2.19. The highest BCUT2D eigenvalue weighted by Gasteiger charge is 2.30. The van der Waals surface area contributed by atoms with E-state index in [-0.39, 0.29) is 17.9 Å². The van der Waals surface area contributed by atoms with Crippen molar-refractivity contribution in [2.75, 3.05) is 20.1 Å². The molecule has 0 saturated heterocycles. The van der Waals surface area contributed by atoms with Crippen LogP contribution >= 0.6 is 0 Å². The number of carbonyl (C=O) groups is 1. The number of hydrogen-bond donors (Lipinski definition) is 3. The highest BCUT2D eigenvalue weighted by molar-refractivity contribution is 5.80. The van der Waals surface area contributed by atoms with Gasteiger partial charge < -0.3 is 16.0 Å². The minimum absolute atomic E-state index is 0.0397. The third-order valence-corrected chi connectivity index (χ3v) is 3.53. The second-order valence-electron chi connectivity index (χ2n) is 5.93. The van der Waals surface area contributed by atoms with Gasteiger partial charge in [-0.2, -0.15) is 13.2 Å². The van der Waals surface area contributed by atoms with Gasteiger partial charge >= 0.3 is 6.18 Å². The molecule has 1 aromatic carbocycles. The maximum atomic E-state index is 12.8. The summed E-state index contributed by atoms with van der Waals surface area (Å²) in [6.07, 6.45) is -4.37. The Kier molecular flexibility index (Phi) is 7.73. The smallest absolute Gasteiger partial charge is 0.355 e. The third-order valence-electron chi connectivity index (χ3n) is 3.53. The van der Waals surface area contributed by atoms with Crippen LogP contribution in [0, 0.1) is 5.92 Å². The largest absolute Gasteiger partial charge is 0.416 e. The Hall–Kier alpha value is -2.25. The summed E-state index contributed by atoms with van der Waals surface area (Å²) in [6.45, 7) is 6.24. The molecular formula is C17H25F3N4O. The average molecular weight is 358 g/mol. The van der Waals surface area contributed by atoms with E-state index in [0.29, 0.717) is 24.6 Å².